The van der Waals surface area contributed by atoms with Crippen LogP contribution in [0, 0.1) is 0 Å². The SMILES string of the molecule is C=C(Cc1nc(C2(c3ccc(SC(F)(F)F)cc3)CC2)no1)C(=O)NCC(=O)O. The maximum absolute atomic E-state index is 12.5. The topological polar surface area (TPSA) is 105 Å². The van der Waals surface area contributed by atoms with E-state index in [9.17, 15) is 22.8 Å². The molecule has 2 N–H and O–H groups in total. The number of hydrogen-bond donors (Lipinski definition) is 2. The Morgan fingerprint density at radius 3 is 2.48 bits per heavy atom. The van der Waals surface area contributed by atoms with Crippen LogP contribution in [-0.4, -0.2) is 39.2 Å². The molecule has 11 heteroatoms. The fourth-order valence-electron chi connectivity index (χ4n) is 2.81. The van der Waals surface area contributed by atoms with Crippen molar-refractivity contribution in [3.8, 4) is 0 Å². The van der Waals surface area contributed by atoms with Crippen LogP contribution in [0.1, 0.15) is 30.1 Å². The molecule has 0 atom stereocenters. The molecule has 1 aliphatic carbocycles. The molecule has 1 amide bonds. The summed E-state index contributed by atoms with van der Waals surface area (Å²) in [6.45, 7) is 3.06. The Labute approximate surface area is 167 Å². The fraction of sp³-hybridized carbons (Fsp3) is 0.333. The number of rotatable bonds is 8. The van der Waals surface area contributed by atoms with Gasteiger partial charge in [-0.15, -0.1) is 0 Å². The standard InChI is InChI=1S/C18H16F3N3O4S/c1-10(15(27)22-9-14(25)26)8-13-23-16(24-28-13)17(6-7-17)11-2-4-12(5-3-11)29-18(19,20)21/h2-5H,1,6-9H2,(H,22,27)(H,25,26). The second-order valence-electron chi connectivity index (χ2n) is 6.52. The lowest BCUT2D eigenvalue weighted by molar-refractivity contribution is -0.137. The van der Waals surface area contributed by atoms with Gasteiger partial charge >= 0.3 is 11.5 Å². The van der Waals surface area contributed by atoms with Gasteiger partial charge in [0.05, 0.1) is 11.8 Å². The average molecular weight is 427 g/mol. The molecule has 1 heterocycles. The van der Waals surface area contributed by atoms with Gasteiger partial charge in [-0.3, -0.25) is 9.59 Å². The van der Waals surface area contributed by atoms with Crippen LogP contribution in [0.4, 0.5) is 13.2 Å². The Balaban J connectivity index is 1.67. The predicted molar refractivity (Wildman–Crippen MR) is 96.2 cm³/mol. The highest BCUT2D eigenvalue weighted by Gasteiger charge is 2.50. The lowest BCUT2D eigenvalue weighted by Gasteiger charge is -2.12. The van der Waals surface area contributed by atoms with Crippen molar-refractivity contribution in [3.05, 3.63) is 53.7 Å². The Bertz CT molecular complexity index is 937. The molecule has 1 aromatic heterocycles. The van der Waals surface area contributed by atoms with Crippen LogP contribution in [0.3, 0.4) is 0 Å². The predicted octanol–water partition coefficient (Wildman–Crippen LogP) is 3.06. The number of aliphatic carboxylic acids is 1. The summed E-state index contributed by atoms with van der Waals surface area (Å²) in [5, 5.41) is 14.7. The van der Waals surface area contributed by atoms with E-state index in [-0.39, 0.29) is 34.5 Å². The molecule has 1 fully saturated rings. The van der Waals surface area contributed by atoms with Gasteiger partial charge in [-0.2, -0.15) is 18.2 Å². The van der Waals surface area contributed by atoms with Gasteiger partial charge in [0.1, 0.15) is 6.54 Å². The number of alkyl halides is 3. The number of nitrogens with one attached hydrogen (secondary N) is 1. The molecule has 0 bridgehead atoms. The number of hydrogen-bond acceptors (Lipinski definition) is 6. The Morgan fingerprint density at radius 1 is 1.28 bits per heavy atom. The number of halogens is 3. The summed E-state index contributed by atoms with van der Waals surface area (Å²) in [7, 11) is 0. The smallest absolute Gasteiger partial charge is 0.446 e. The first-order valence-electron chi connectivity index (χ1n) is 8.46. The van der Waals surface area contributed by atoms with Crippen LogP contribution in [-0.2, 0) is 21.4 Å². The van der Waals surface area contributed by atoms with Crippen molar-refractivity contribution >= 4 is 23.6 Å². The van der Waals surface area contributed by atoms with Crippen molar-refractivity contribution in [3.63, 3.8) is 0 Å². The Hall–Kier alpha value is -2.82. The molecule has 2 aromatic rings. The maximum atomic E-state index is 12.5. The van der Waals surface area contributed by atoms with Gasteiger partial charge in [0, 0.05) is 10.5 Å². The van der Waals surface area contributed by atoms with Gasteiger partial charge < -0.3 is 14.9 Å². The molecule has 0 saturated heterocycles. The van der Waals surface area contributed by atoms with Crippen LogP contribution in [0.15, 0.2) is 45.8 Å². The molecule has 3 rings (SSSR count). The molecule has 29 heavy (non-hydrogen) atoms. The van der Waals surface area contributed by atoms with Gasteiger partial charge in [0.2, 0.25) is 11.8 Å². The third-order valence-electron chi connectivity index (χ3n) is 4.37. The number of benzene rings is 1. The number of carboxylic acids is 1. The Kier molecular flexibility index (Phi) is 5.69. The van der Waals surface area contributed by atoms with Gasteiger partial charge in [-0.25, -0.2) is 0 Å². The highest BCUT2D eigenvalue weighted by atomic mass is 32.2. The molecule has 154 valence electrons. The molecule has 0 aliphatic heterocycles. The summed E-state index contributed by atoms with van der Waals surface area (Å²) in [6, 6.07) is 6.05. The largest absolute Gasteiger partial charge is 0.480 e. The normalized spacial score (nSPS) is 15.0. The van der Waals surface area contributed by atoms with E-state index < -0.39 is 29.3 Å². The zero-order valence-electron chi connectivity index (χ0n) is 15.0. The molecule has 0 spiro atoms. The number of aromatic nitrogens is 2. The highest BCUT2D eigenvalue weighted by molar-refractivity contribution is 8.00. The van der Waals surface area contributed by atoms with Crippen molar-refractivity contribution in [2.45, 2.75) is 35.1 Å². The monoisotopic (exact) mass is 427 g/mol. The van der Waals surface area contributed by atoms with E-state index in [0.717, 1.165) is 18.4 Å². The minimum atomic E-state index is -4.35. The minimum Gasteiger partial charge on any atom is -0.480 e. The molecule has 0 radical (unpaired) electrons. The second-order valence-corrected chi connectivity index (χ2v) is 7.66. The van der Waals surface area contributed by atoms with E-state index in [1.165, 1.54) is 12.1 Å². The molecule has 1 aromatic carbocycles. The van der Waals surface area contributed by atoms with Crippen LogP contribution in [0.2, 0.25) is 0 Å². The fourth-order valence-corrected chi connectivity index (χ4v) is 3.35. The lowest BCUT2D eigenvalue weighted by atomic mass is 9.95. The van der Waals surface area contributed by atoms with Crippen molar-refractivity contribution in [2.75, 3.05) is 6.54 Å². The van der Waals surface area contributed by atoms with Crippen molar-refractivity contribution in [2.24, 2.45) is 0 Å². The maximum Gasteiger partial charge on any atom is 0.446 e. The zero-order valence-corrected chi connectivity index (χ0v) is 15.8. The summed E-state index contributed by atoms with van der Waals surface area (Å²) in [5.74, 6) is -1.28. The van der Waals surface area contributed by atoms with Gasteiger partial charge in [-0.05, 0) is 42.3 Å². The van der Waals surface area contributed by atoms with E-state index in [4.69, 9.17) is 9.63 Å². The molecule has 0 unspecified atom stereocenters. The average Bonchev–Trinajstić information content (AvgIpc) is 3.31. The van der Waals surface area contributed by atoms with Gasteiger partial charge in [0.25, 0.3) is 0 Å². The summed E-state index contributed by atoms with van der Waals surface area (Å²) in [6.07, 6.45) is 1.39. The summed E-state index contributed by atoms with van der Waals surface area (Å²) in [4.78, 5) is 26.7. The number of nitrogens with zero attached hydrogens (tertiary/aromatic N) is 2. The van der Waals surface area contributed by atoms with E-state index in [1.54, 1.807) is 12.1 Å². The van der Waals surface area contributed by atoms with Gasteiger partial charge in [-0.1, -0.05) is 23.9 Å². The number of carbonyl (C=O) groups is 2. The van der Waals surface area contributed by atoms with Gasteiger partial charge in [0.15, 0.2) is 5.82 Å². The number of thioether (sulfide) groups is 1. The minimum absolute atomic E-state index is 0.0459. The zero-order chi connectivity index (χ0) is 21.2. The molecule has 1 aliphatic rings. The van der Waals surface area contributed by atoms with Crippen molar-refractivity contribution in [1.82, 2.24) is 15.5 Å². The van der Waals surface area contributed by atoms with Crippen LogP contribution in [0.5, 0.6) is 0 Å². The third kappa shape index (κ3) is 5.17. The molecule has 7 nitrogen and oxygen atoms in total. The molecular weight excluding hydrogens is 411 g/mol. The van der Waals surface area contributed by atoms with Crippen LogP contribution in [0.25, 0.3) is 0 Å². The first kappa shape index (κ1) is 20.9. The molecular formula is C18H16F3N3O4S. The first-order chi connectivity index (χ1) is 13.6. The summed E-state index contributed by atoms with van der Waals surface area (Å²) >= 11 is -0.178. The van der Waals surface area contributed by atoms with E-state index in [0.29, 0.717) is 5.82 Å². The summed E-state index contributed by atoms with van der Waals surface area (Å²) < 4.78 is 42.6. The summed E-state index contributed by atoms with van der Waals surface area (Å²) in [5.41, 5.74) is -4.01. The van der Waals surface area contributed by atoms with Crippen LogP contribution < -0.4 is 5.32 Å². The van der Waals surface area contributed by atoms with E-state index in [1.807, 2.05) is 0 Å². The third-order valence-corrected chi connectivity index (χ3v) is 5.11. The Morgan fingerprint density at radius 2 is 1.93 bits per heavy atom. The van der Waals surface area contributed by atoms with E-state index >= 15 is 0 Å². The number of carbonyl (C=O) groups excluding carboxylic acids is 1. The van der Waals surface area contributed by atoms with Crippen LogP contribution >= 0.6 is 11.8 Å². The quantitative estimate of drug-likeness (QED) is 0.493. The number of carboxylic acid groups (broad SMARTS) is 1. The van der Waals surface area contributed by atoms with Crippen molar-refractivity contribution in [1.29, 1.82) is 0 Å². The first-order valence-corrected chi connectivity index (χ1v) is 9.28. The second kappa shape index (κ2) is 7.90. The number of amides is 1. The molecule has 1 saturated carbocycles. The van der Waals surface area contributed by atoms with Crippen molar-refractivity contribution < 1.29 is 32.4 Å². The van der Waals surface area contributed by atoms with E-state index in [2.05, 4.69) is 22.0 Å². The highest BCUT2D eigenvalue weighted by Crippen LogP contribution is 2.52. The lowest BCUT2D eigenvalue weighted by Crippen LogP contribution is -2.30.